The van der Waals surface area contributed by atoms with Crippen LogP contribution >= 0.6 is 0 Å². The van der Waals surface area contributed by atoms with Crippen LogP contribution in [-0.2, 0) is 11.3 Å². The quantitative estimate of drug-likeness (QED) is 0.796. The lowest BCUT2D eigenvalue weighted by Gasteiger charge is -2.28. The molecule has 2 aromatic heterocycles. The van der Waals surface area contributed by atoms with Gasteiger partial charge in [-0.3, -0.25) is 9.69 Å². The number of likely N-dealkylation sites (tertiary alicyclic amines) is 1. The number of imidazole rings is 1. The van der Waals surface area contributed by atoms with Crippen LogP contribution in [-0.4, -0.2) is 64.5 Å². The lowest BCUT2D eigenvalue weighted by molar-refractivity contribution is 0.0298. The smallest absolute Gasteiger partial charge is 0.274 e. The Bertz CT molecular complexity index is 852. The summed E-state index contributed by atoms with van der Waals surface area (Å²) in [6.07, 6.45) is 10.4. The summed E-state index contributed by atoms with van der Waals surface area (Å²) < 4.78 is 7.54. The van der Waals surface area contributed by atoms with E-state index in [9.17, 15) is 4.79 Å². The molecule has 1 saturated carbocycles. The minimum absolute atomic E-state index is 0.0510. The number of amides is 1. The van der Waals surface area contributed by atoms with Crippen LogP contribution in [0.4, 0.5) is 0 Å². The second-order valence-corrected chi connectivity index (χ2v) is 8.92. The second kappa shape index (κ2) is 8.44. The van der Waals surface area contributed by atoms with Crippen molar-refractivity contribution in [3.63, 3.8) is 0 Å². The fourth-order valence-electron chi connectivity index (χ4n) is 5.49. The molecule has 1 unspecified atom stereocenters. The van der Waals surface area contributed by atoms with Crippen LogP contribution in [0.5, 0.6) is 0 Å². The Balaban J connectivity index is 1.36. The molecular weight excluding hydrogens is 364 g/mol. The molecule has 0 bridgehead atoms. The molecule has 0 N–H and O–H groups in total. The van der Waals surface area contributed by atoms with Crippen molar-refractivity contribution in [1.82, 2.24) is 19.2 Å². The number of nitrogens with zero attached hydrogens (tertiary/aromatic N) is 4. The van der Waals surface area contributed by atoms with E-state index in [1.54, 1.807) is 0 Å². The molecule has 1 amide bonds. The van der Waals surface area contributed by atoms with Gasteiger partial charge in [-0.05, 0) is 36.9 Å². The standard InChI is InChI=1S/C23H32N4O2/c28-23(26-12-14-29-15-13-26)22-20(27-10-5-4-8-21(27)24-22)17-25-11-9-19(16-25)18-6-2-1-3-7-18/h4-5,8,10,18-19H,1-3,6-7,9,11-17H2. The molecule has 0 spiro atoms. The minimum Gasteiger partial charge on any atom is -0.378 e. The van der Waals surface area contributed by atoms with Gasteiger partial charge in [-0.2, -0.15) is 0 Å². The van der Waals surface area contributed by atoms with Gasteiger partial charge in [0.05, 0.1) is 18.9 Å². The summed E-state index contributed by atoms with van der Waals surface area (Å²) in [4.78, 5) is 22.4. The summed E-state index contributed by atoms with van der Waals surface area (Å²) in [5.41, 5.74) is 2.53. The third kappa shape index (κ3) is 3.92. The number of fused-ring (bicyclic) bond motifs is 1. The SMILES string of the molecule is O=C(c1nc2ccccn2c1CN1CCC(C2CCCCC2)C1)N1CCOCC1. The van der Waals surface area contributed by atoms with Gasteiger partial charge in [0, 0.05) is 32.4 Å². The zero-order chi connectivity index (χ0) is 19.6. The Morgan fingerprint density at radius 3 is 2.69 bits per heavy atom. The van der Waals surface area contributed by atoms with Gasteiger partial charge in [-0.25, -0.2) is 4.98 Å². The Hall–Kier alpha value is -1.92. The first kappa shape index (κ1) is 19.1. The fraction of sp³-hybridized carbons (Fsp3) is 0.652. The first-order valence-corrected chi connectivity index (χ1v) is 11.3. The number of pyridine rings is 1. The third-order valence-electron chi connectivity index (χ3n) is 7.13. The second-order valence-electron chi connectivity index (χ2n) is 8.92. The van der Waals surface area contributed by atoms with Gasteiger partial charge >= 0.3 is 0 Å². The maximum absolute atomic E-state index is 13.3. The number of aromatic nitrogens is 2. The van der Waals surface area contributed by atoms with E-state index in [0.717, 1.165) is 42.8 Å². The van der Waals surface area contributed by atoms with Gasteiger partial charge in [-0.15, -0.1) is 0 Å². The lowest BCUT2D eigenvalue weighted by Crippen LogP contribution is -2.41. The van der Waals surface area contributed by atoms with Crippen molar-refractivity contribution in [3.8, 4) is 0 Å². The molecular formula is C23H32N4O2. The van der Waals surface area contributed by atoms with E-state index in [1.807, 2.05) is 29.3 Å². The molecule has 3 aliphatic rings. The van der Waals surface area contributed by atoms with Crippen LogP contribution in [0.1, 0.15) is 54.7 Å². The molecule has 4 heterocycles. The third-order valence-corrected chi connectivity index (χ3v) is 7.13. The van der Waals surface area contributed by atoms with Crippen molar-refractivity contribution in [2.45, 2.75) is 45.1 Å². The molecule has 6 heteroatoms. The molecule has 3 fully saturated rings. The highest BCUT2D eigenvalue weighted by molar-refractivity contribution is 5.94. The Labute approximate surface area is 172 Å². The molecule has 29 heavy (non-hydrogen) atoms. The first-order valence-electron chi connectivity index (χ1n) is 11.3. The zero-order valence-electron chi connectivity index (χ0n) is 17.3. The molecule has 0 aromatic carbocycles. The fourth-order valence-corrected chi connectivity index (χ4v) is 5.49. The predicted octanol–water partition coefficient (Wildman–Crippen LogP) is 3.21. The van der Waals surface area contributed by atoms with Crippen LogP contribution < -0.4 is 0 Å². The molecule has 156 valence electrons. The maximum Gasteiger partial charge on any atom is 0.274 e. The van der Waals surface area contributed by atoms with E-state index in [1.165, 1.54) is 38.5 Å². The Morgan fingerprint density at radius 2 is 1.86 bits per heavy atom. The molecule has 1 aliphatic carbocycles. The largest absolute Gasteiger partial charge is 0.378 e. The monoisotopic (exact) mass is 396 g/mol. The van der Waals surface area contributed by atoms with E-state index < -0.39 is 0 Å². The van der Waals surface area contributed by atoms with Crippen LogP contribution in [0.2, 0.25) is 0 Å². The molecule has 1 atom stereocenters. The number of hydrogen-bond acceptors (Lipinski definition) is 4. The van der Waals surface area contributed by atoms with Crippen molar-refractivity contribution < 1.29 is 9.53 Å². The normalized spacial score (nSPS) is 24.4. The van der Waals surface area contributed by atoms with Crippen LogP contribution in [0, 0.1) is 11.8 Å². The Kier molecular flexibility index (Phi) is 5.55. The maximum atomic E-state index is 13.3. The topological polar surface area (TPSA) is 50.1 Å². The van der Waals surface area contributed by atoms with Gasteiger partial charge in [0.2, 0.25) is 0 Å². The molecule has 2 saturated heterocycles. The highest BCUT2D eigenvalue weighted by Crippen LogP contribution is 2.35. The number of carbonyl (C=O) groups excluding carboxylic acids is 1. The van der Waals surface area contributed by atoms with E-state index in [-0.39, 0.29) is 5.91 Å². The van der Waals surface area contributed by atoms with E-state index >= 15 is 0 Å². The highest BCUT2D eigenvalue weighted by Gasteiger charge is 2.32. The number of rotatable bonds is 4. The van der Waals surface area contributed by atoms with Crippen LogP contribution in [0.3, 0.4) is 0 Å². The van der Waals surface area contributed by atoms with Gasteiger partial charge in [0.1, 0.15) is 5.65 Å². The number of morpholine rings is 1. The summed E-state index contributed by atoms with van der Waals surface area (Å²) in [6.45, 7) is 5.63. The number of hydrogen-bond donors (Lipinski definition) is 0. The molecule has 5 rings (SSSR count). The summed E-state index contributed by atoms with van der Waals surface area (Å²) in [7, 11) is 0. The summed E-state index contributed by atoms with van der Waals surface area (Å²) in [6, 6.07) is 6.01. The predicted molar refractivity (Wildman–Crippen MR) is 112 cm³/mol. The summed E-state index contributed by atoms with van der Waals surface area (Å²) in [5.74, 6) is 1.79. The molecule has 6 nitrogen and oxygen atoms in total. The summed E-state index contributed by atoms with van der Waals surface area (Å²) >= 11 is 0. The average molecular weight is 397 g/mol. The van der Waals surface area contributed by atoms with Crippen LogP contribution in [0.25, 0.3) is 5.65 Å². The van der Waals surface area contributed by atoms with Crippen molar-refractivity contribution in [2.75, 3.05) is 39.4 Å². The summed E-state index contributed by atoms with van der Waals surface area (Å²) in [5, 5.41) is 0. The van der Waals surface area contributed by atoms with E-state index in [0.29, 0.717) is 32.0 Å². The van der Waals surface area contributed by atoms with Crippen molar-refractivity contribution in [1.29, 1.82) is 0 Å². The number of carbonyl (C=O) groups is 1. The zero-order valence-corrected chi connectivity index (χ0v) is 17.3. The highest BCUT2D eigenvalue weighted by atomic mass is 16.5. The Morgan fingerprint density at radius 1 is 1.03 bits per heavy atom. The van der Waals surface area contributed by atoms with Gasteiger partial charge < -0.3 is 14.0 Å². The average Bonchev–Trinajstić information content (AvgIpc) is 3.40. The van der Waals surface area contributed by atoms with Crippen LogP contribution in [0.15, 0.2) is 24.4 Å². The van der Waals surface area contributed by atoms with E-state index in [2.05, 4.69) is 9.30 Å². The minimum atomic E-state index is 0.0510. The van der Waals surface area contributed by atoms with E-state index in [4.69, 9.17) is 9.72 Å². The van der Waals surface area contributed by atoms with Crippen molar-refractivity contribution in [3.05, 3.63) is 35.8 Å². The van der Waals surface area contributed by atoms with Gasteiger partial charge in [0.25, 0.3) is 5.91 Å². The first-order chi connectivity index (χ1) is 14.3. The molecule has 2 aliphatic heterocycles. The molecule has 2 aromatic rings. The number of ether oxygens (including phenoxy) is 1. The lowest BCUT2D eigenvalue weighted by atomic mass is 9.80. The van der Waals surface area contributed by atoms with Gasteiger partial charge in [0.15, 0.2) is 5.69 Å². The molecule has 0 radical (unpaired) electrons. The van der Waals surface area contributed by atoms with Gasteiger partial charge in [-0.1, -0.05) is 38.2 Å². The van der Waals surface area contributed by atoms with Crippen molar-refractivity contribution in [2.24, 2.45) is 11.8 Å². The van der Waals surface area contributed by atoms with Crippen molar-refractivity contribution >= 4 is 11.6 Å².